The number of aliphatic imine (C=N–C) groups is 1. The molecule has 0 atom stereocenters. The minimum Gasteiger partial charge on any atom is -1.00 e. The summed E-state index contributed by atoms with van der Waals surface area (Å²) in [6.45, 7) is 8.09. The molecule has 0 aliphatic carbocycles. The van der Waals surface area contributed by atoms with Gasteiger partial charge in [-0.15, -0.1) is 0 Å². The summed E-state index contributed by atoms with van der Waals surface area (Å²) >= 11 is 5.88. The largest absolute Gasteiger partial charge is 1.00 e. The van der Waals surface area contributed by atoms with Crippen molar-refractivity contribution in [2.24, 2.45) is 10.9 Å². The van der Waals surface area contributed by atoms with Crippen molar-refractivity contribution in [3.05, 3.63) is 53.8 Å². The van der Waals surface area contributed by atoms with Crippen LogP contribution in [0.3, 0.4) is 0 Å². The molecule has 14 heteroatoms. The number of nitriles is 1. The molecule has 1 aromatic heterocycles. The van der Waals surface area contributed by atoms with Crippen LogP contribution in [0.25, 0.3) is 0 Å². The van der Waals surface area contributed by atoms with Crippen molar-refractivity contribution in [3.8, 4) is 11.9 Å². The molecule has 2 heterocycles. The summed E-state index contributed by atoms with van der Waals surface area (Å²) in [6, 6.07) is 10.9. The predicted octanol–water partition coefficient (Wildman–Crippen LogP) is 2.87. The number of carbonyl (C=O) groups is 2. The van der Waals surface area contributed by atoms with E-state index in [4.69, 9.17) is 35.8 Å². The summed E-state index contributed by atoms with van der Waals surface area (Å²) in [5.74, 6) is 1.33. The van der Waals surface area contributed by atoms with Crippen LogP contribution < -0.4 is 43.9 Å². The Labute approximate surface area is 293 Å². The molecule has 0 radical (unpaired) electrons. The fourth-order valence-electron chi connectivity index (χ4n) is 4.37. The van der Waals surface area contributed by atoms with E-state index in [0.717, 1.165) is 44.3 Å². The number of nitrogens with one attached hydrogen (secondary N) is 2. The normalized spacial score (nSPS) is 13.5. The van der Waals surface area contributed by atoms with Crippen LogP contribution in [0.5, 0.6) is 5.75 Å². The molecule has 1 saturated heterocycles. The monoisotopic (exact) mass is 770 g/mol. The van der Waals surface area contributed by atoms with Gasteiger partial charge in [0.05, 0.1) is 18.9 Å². The molecule has 0 bridgehead atoms. The van der Waals surface area contributed by atoms with Gasteiger partial charge >= 0.3 is 12.2 Å². The Kier molecular flexibility index (Phi) is 17.3. The van der Waals surface area contributed by atoms with E-state index in [1.807, 2.05) is 39.1 Å². The molecule has 46 heavy (non-hydrogen) atoms. The Balaban J connectivity index is 0.00000736. The van der Waals surface area contributed by atoms with E-state index in [1.54, 1.807) is 46.1 Å². The summed E-state index contributed by atoms with van der Waals surface area (Å²) in [6.07, 6.45) is 9.59. The topological polar surface area (TPSA) is 138 Å². The SMILES string of the molecule is CC(C)(C)OC(=O)N1CCC(COC(=O)OC[n+]2ccc(NC(=NCCCCCCOc3ccc(Cl)cc3)NC#N)cc2)CC1.[I-]. The number of pyridine rings is 1. The van der Waals surface area contributed by atoms with Gasteiger partial charge in [-0.3, -0.25) is 10.3 Å². The summed E-state index contributed by atoms with van der Waals surface area (Å²) in [5, 5.41) is 15.5. The van der Waals surface area contributed by atoms with Gasteiger partial charge in [-0.05, 0) is 83.1 Å². The number of ether oxygens (including phenoxy) is 4. The highest BCUT2D eigenvalue weighted by Crippen LogP contribution is 2.20. The average Bonchev–Trinajstić information content (AvgIpc) is 3.01. The van der Waals surface area contributed by atoms with Crippen LogP contribution in [0.15, 0.2) is 53.8 Å². The van der Waals surface area contributed by atoms with Crippen LogP contribution in [0.2, 0.25) is 5.02 Å². The number of benzene rings is 1. The van der Waals surface area contributed by atoms with Crippen molar-refractivity contribution in [1.29, 1.82) is 5.26 Å². The molecule has 0 spiro atoms. The predicted molar refractivity (Wildman–Crippen MR) is 170 cm³/mol. The van der Waals surface area contributed by atoms with E-state index >= 15 is 0 Å². The Morgan fingerprint density at radius 3 is 2.37 bits per heavy atom. The number of rotatable bonds is 13. The third-order valence-electron chi connectivity index (χ3n) is 6.77. The zero-order valence-corrected chi connectivity index (χ0v) is 29.6. The lowest BCUT2D eigenvalue weighted by Gasteiger charge is -2.33. The third kappa shape index (κ3) is 15.7. The number of amides is 1. The van der Waals surface area contributed by atoms with Crippen LogP contribution in [-0.4, -0.2) is 61.6 Å². The van der Waals surface area contributed by atoms with Crippen molar-refractivity contribution < 1.29 is 57.1 Å². The highest BCUT2D eigenvalue weighted by atomic mass is 127. The first-order valence-corrected chi connectivity index (χ1v) is 15.6. The van der Waals surface area contributed by atoms with Gasteiger partial charge < -0.3 is 53.1 Å². The average molecular weight is 771 g/mol. The molecule has 1 aliphatic rings. The van der Waals surface area contributed by atoms with Crippen molar-refractivity contribution >= 4 is 35.5 Å². The highest BCUT2D eigenvalue weighted by molar-refractivity contribution is 6.30. The third-order valence-corrected chi connectivity index (χ3v) is 7.02. The number of hydrogen-bond donors (Lipinski definition) is 2. The molecule has 2 N–H and O–H groups in total. The van der Waals surface area contributed by atoms with Gasteiger partial charge in [-0.25, -0.2) is 9.59 Å². The molecular formula is C32H44ClIN6O6. The number of guanidine groups is 1. The summed E-state index contributed by atoms with van der Waals surface area (Å²) in [5.41, 5.74) is 0.186. The molecule has 1 aromatic carbocycles. The maximum atomic E-state index is 12.2. The second kappa shape index (κ2) is 20.6. The lowest BCUT2D eigenvalue weighted by molar-refractivity contribution is -0.727. The van der Waals surface area contributed by atoms with E-state index in [1.165, 1.54) is 0 Å². The number of aromatic nitrogens is 1. The van der Waals surface area contributed by atoms with Crippen LogP contribution in [0, 0.1) is 17.4 Å². The van der Waals surface area contributed by atoms with Crippen LogP contribution in [0.1, 0.15) is 59.3 Å². The minimum atomic E-state index is -0.749. The fourth-order valence-corrected chi connectivity index (χ4v) is 4.50. The van der Waals surface area contributed by atoms with E-state index in [0.29, 0.717) is 42.9 Å². The number of carbonyl (C=O) groups excluding carboxylic acids is 2. The fraction of sp³-hybridized carbons (Fsp3) is 0.531. The minimum absolute atomic E-state index is 0. The number of halogens is 2. The Hall–Kier alpha value is -3.51. The van der Waals surface area contributed by atoms with Crippen LogP contribution >= 0.6 is 11.6 Å². The van der Waals surface area contributed by atoms with E-state index in [9.17, 15) is 9.59 Å². The maximum Gasteiger partial charge on any atom is 0.513 e. The van der Waals surface area contributed by atoms with E-state index in [2.05, 4.69) is 15.6 Å². The summed E-state index contributed by atoms with van der Waals surface area (Å²) < 4.78 is 23.3. The van der Waals surface area contributed by atoms with Gasteiger partial charge in [0.2, 0.25) is 5.96 Å². The maximum absolute atomic E-state index is 12.2. The van der Waals surface area contributed by atoms with E-state index in [-0.39, 0.29) is 49.3 Å². The number of unbranched alkanes of at least 4 members (excludes halogenated alkanes) is 3. The first-order valence-electron chi connectivity index (χ1n) is 15.2. The highest BCUT2D eigenvalue weighted by Gasteiger charge is 2.27. The van der Waals surface area contributed by atoms with Gasteiger partial charge in [0.15, 0.2) is 18.6 Å². The molecule has 252 valence electrons. The first kappa shape index (κ1) is 38.7. The zero-order chi connectivity index (χ0) is 32.5. The van der Waals surface area contributed by atoms with Crippen LogP contribution in [-0.2, 0) is 20.9 Å². The zero-order valence-electron chi connectivity index (χ0n) is 26.7. The van der Waals surface area contributed by atoms with Crippen molar-refractivity contribution in [2.45, 2.75) is 71.6 Å². The quantitative estimate of drug-likeness (QED) is 0.0461. The number of hydrogen-bond acceptors (Lipinski definition) is 8. The first-order chi connectivity index (χ1) is 21.6. The molecule has 2 aromatic rings. The molecule has 1 aliphatic heterocycles. The van der Waals surface area contributed by atoms with Gasteiger partial charge in [0.1, 0.15) is 11.4 Å². The molecular weight excluding hydrogens is 727 g/mol. The Morgan fingerprint density at radius 2 is 1.72 bits per heavy atom. The molecule has 0 saturated carbocycles. The van der Waals surface area contributed by atoms with Crippen molar-refractivity contribution in [1.82, 2.24) is 10.2 Å². The Bertz CT molecular complexity index is 1280. The second-order valence-corrected chi connectivity index (χ2v) is 12.1. The molecule has 0 unspecified atom stereocenters. The van der Waals surface area contributed by atoms with Crippen LogP contribution in [0.4, 0.5) is 15.3 Å². The number of likely N-dealkylation sites (tertiary alicyclic amines) is 1. The number of anilines is 1. The van der Waals surface area contributed by atoms with Crippen molar-refractivity contribution in [2.75, 3.05) is 38.2 Å². The van der Waals surface area contributed by atoms with Crippen molar-refractivity contribution in [3.63, 3.8) is 0 Å². The second-order valence-electron chi connectivity index (χ2n) is 11.7. The van der Waals surface area contributed by atoms with Gasteiger partial charge in [-0.2, -0.15) is 9.83 Å². The summed E-state index contributed by atoms with van der Waals surface area (Å²) in [4.78, 5) is 30.5. The number of piperidine rings is 1. The standard InChI is InChI=1S/C32H43ClN6O6.HI/c1-32(2,3)45-30(40)39-19-12-25(13-20-39)22-43-31(41)44-24-38-17-14-27(15-18-38)37-29(36-23-34)35-16-6-4-5-7-21-42-28-10-8-26(33)9-11-28;/h8-11,14-15,17-18,25H,4-7,12-13,16,19-22,24H2,1-3H3,(H,35,36);1H. The lowest BCUT2D eigenvalue weighted by Crippen LogP contribution is -3.00. The molecule has 12 nitrogen and oxygen atoms in total. The lowest BCUT2D eigenvalue weighted by atomic mass is 9.98. The smallest absolute Gasteiger partial charge is 0.513 e. The number of nitrogens with zero attached hydrogens (tertiary/aromatic N) is 4. The summed E-state index contributed by atoms with van der Waals surface area (Å²) in [7, 11) is 0. The van der Waals surface area contributed by atoms with E-state index < -0.39 is 11.8 Å². The molecule has 1 fully saturated rings. The van der Waals surface area contributed by atoms with Gasteiger partial charge in [-0.1, -0.05) is 18.0 Å². The molecule has 3 rings (SSSR count). The Morgan fingerprint density at radius 1 is 1.04 bits per heavy atom. The molecule has 1 amide bonds. The van der Waals surface area contributed by atoms with Gasteiger partial charge in [0, 0.05) is 36.8 Å². The van der Waals surface area contributed by atoms with Gasteiger partial charge in [0.25, 0.3) is 6.73 Å².